The van der Waals surface area contributed by atoms with Crippen LogP contribution >= 0.6 is 0 Å². The van der Waals surface area contributed by atoms with Gasteiger partial charge in [0, 0.05) is 49.5 Å². The van der Waals surface area contributed by atoms with Crippen LogP contribution in [0.15, 0.2) is 30.6 Å². The van der Waals surface area contributed by atoms with Gasteiger partial charge in [0.1, 0.15) is 18.3 Å². The maximum atomic E-state index is 6.19. The first kappa shape index (κ1) is 25.1. The first-order valence-corrected chi connectivity index (χ1v) is 15.3. The van der Waals surface area contributed by atoms with Gasteiger partial charge in [0.15, 0.2) is 0 Å². The van der Waals surface area contributed by atoms with E-state index in [2.05, 4.69) is 81.2 Å². The number of aryl methyl sites for hydroxylation is 1. The zero-order valence-corrected chi connectivity index (χ0v) is 23.0. The number of piperidine rings is 1. The van der Waals surface area contributed by atoms with Crippen molar-refractivity contribution in [2.24, 2.45) is 7.05 Å². The van der Waals surface area contributed by atoms with Gasteiger partial charge < -0.3 is 18.9 Å². The molecular formula is C27H42N4O2Si. The Kier molecular flexibility index (Phi) is 7.65. The highest BCUT2D eigenvalue weighted by atomic mass is 28.3. The maximum Gasteiger partial charge on any atom is 0.146 e. The fourth-order valence-electron chi connectivity index (χ4n) is 6.20. The highest BCUT2D eigenvalue weighted by Gasteiger charge is 2.43. The molecule has 0 amide bonds. The molecule has 0 aromatic carbocycles. The van der Waals surface area contributed by atoms with E-state index in [0.29, 0.717) is 23.4 Å². The van der Waals surface area contributed by atoms with Crippen molar-refractivity contribution in [1.29, 1.82) is 0 Å². The van der Waals surface area contributed by atoms with Crippen molar-refractivity contribution in [2.75, 3.05) is 31.0 Å². The molecule has 1 saturated heterocycles. The number of rotatable bonds is 9. The van der Waals surface area contributed by atoms with Crippen molar-refractivity contribution in [1.82, 2.24) is 14.5 Å². The second kappa shape index (κ2) is 10.3. The molecule has 0 atom stereocenters. The van der Waals surface area contributed by atoms with E-state index in [-0.39, 0.29) is 6.10 Å². The number of hydrogen-bond donors (Lipinski definition) is 0. The fourth-order valence-corrected chi connectivity index (χ4v) is 11.6. The topological polar surface area (TPSA) is 52.4 Å². The minimum Gasteiger partial charge on any atom is -0.359 e. The number of hydrogen-bond acceptors (Lipinski definition) is 5. The van der Waals surface area contributed by atoms with Gasteiger partial charge >= 0.3 is 0 Å². The molecule has 186 valence electrons. The van der Waals surface area contributed by atoms with E-state index in [1.54, 1.807) is 0 Å². The van der Waals surface area contributed by atoms with Crippen LogP contribution in [0.1, 0.15) is 54.4 Å². The van der Waals surface area contributed by atoms with Crippen LogP contribution in [0.5, 0.6) is 0 Å². The summed E-state index contributed by atoms with van der Waals surface area (Å²) in [5, 5.41) is 2.32. The lowest BCUT2D eigenvalue weighted by molar-refractivity contribution is -0.0856. The van der Waals surface area contributed by atoms with Crippen molar-refractivity contribution < 1.29 is 9.47 Å². The molecule has 4 rings (SSSR count). The summed E-state index contributed by atoms with van der Waals surface area (Å²) in [4.78, 5) is 11.7. The molecule has 0 bridgehead atoms. The molecule has 3 aromatic heterocycles. The van der Waals surface area contributed by atoms with E-state index >= 15 is 0 Å². The average Bonchev–Trinajstić information content (AvgIpc) is 3.10. The molecule has 1 aliphatic rings. The van der Waals surface area contributed by atoms with Crippen LogP contribution in [-0.2, 0) is 16.5 Å². The molecule has 0 saturated carbocycles. The minimum atomic E-state index is -1.53. The van der Waals surface area contributed by atoms with Gasteiger partial charge in [-0.15, -0.1) is 0 Å². The van der Waals surface area contributed by atoms with Gasteiger partial charge in [0.2, 0.25) is 0 Å². The predicted molar refractivity (Wildman–Crippen MR) is 144 cm³/mol. The highest BCUT2D eigenvalue weighted by Crippen LogP contribution is 2.41. The Hall–Kier alpha value is -1.96. The first-order chi connectivity index (χ1) is 16.3. The summed E-state index contributed by atoms with van der Waals surface area (Å²) < 4.78 is 14.5. The van der Waals surface area contributed by atoms with Crippen molar-refractivity contribution >= 4 is 35.8 Å². The molecule has 0 unspecified atom stereocenters. The zero-order chi connectivity index (χ0) is 24.5. The third kappa shape index (κ3) is 4.62. The quantitative estimate of drug-likeness (QED) is 0.203. The molecule has 4 heterocycles. The van der Waals surface area contributed by atoms with Crippen LogP contribution in [0.3, 0.4) is 0 Å². The highest BCUT2D eigenvalue weighted by molar-refractivity contribution is 6.83. The lowest BCUT2D eigenvalue weighted by atomic mass is 10.1. The Balaban J connectivity index is 1.32. The molecule has 6 nitrogen and oxygen atoms in total. The molecule has 0 spiro atoms. The third-order valence-corrected chi connectivity index (χ3v) is 15.5. The molecule has 0 N–H and O–H groups in total. The average molecular weight is 483 g/mol. The molecule has 3 aromatic rings. The van der Waals surface area contributed by atoms with Gasteiger partial charge in [0.25, 0.3) is 0 Å². The van der Waals surface area contributed by atoms with E-state index in [9.17, 15) is 0 Å². The summed E-state index contributed by atoms with van der Waals surface area (Å²) in [6.07, 6.45) is 6.93. The van der Waals surface area contributed by atoms with Gasteiger partial charge in [0.05, 0.1) is 19.7 Å². The molecule has 0 radical (unpaired) electrons. The molecule has 34 heavy (non-hydrogen) atoms. The van der Waals surface area contributed by atoms with Crippen molar-refractivity contribution in [3.63, 3.8) is 0 Å². The normalized spacial score (nSPS) is 16.1. The zero-order valence-electron chi connectivity index (χ0n) is 22.0. The van der Waals surface area contributed by atoms with Crippen molar-refractivity contribution in [3.05, 3.63) is 30.6 Å². The summed E-state index contributed by atoms with van der Waals surface area (Å²) in [6.45, 7) is 16.6. The Morgan fingerprint density at radius 3 is 2.29 bits per heavy atom. The van der Waals surface area contributed by atoms with E-state index in [1.165, 1.54) is 5.52 Å². The van der Waals surface area contributed by atoms with Crippen LogP contribution in [0.25, 0.3) is 21.9 Å². The summed E-state index contributed by atoms with van der Waals surface area (Å²) >= 11 is 0. The van der Waals surface area contributed by atoms with Crippen molar-refractivity contribution in [2.45, 2.75) is 77.1 Å². The monoisotopic (exact) mass is 482 g/mol. The smallest absolute Gasteiger partial charge is 0.146 e. The standard InChI is InChI=1S/C27H42N4O2Si/c1-19(2)34(20(3)4,21(5)6)18-32-17-33-22-11-14-31(15-12-22)26-9-8-23-24-16-28-13-10-25(24)30(7)27(23)29-26/h8-10,13,16,19-22H,11-12,14-15,17-18H2,1-7H3. The second-order valence-electron chi connectivity index (χ2n) is 10.9. The van der Waals surface area contributed by atoms with Gasteiger partial charge in [-0.25, -0.2) is 4.98 Å². The van der Waals surface area contributed by atoms with Gasteiger partial charge in [-0.1, -0.05) is 41.5 Å². The largest absolute Gasteiger partial charge is 0.359 e. The maximum absolute atomic E-state index is 6.19. The van der Waals surface area contributed by atoms with Crippen LogP contribution in [0.2, 0.25) is 16.6 Å². The molecular weight excluding hydrogens is 440 g/mol. The number of nitrogens with zero attached hydrogens (tertiary/aromatic N) is 4. The number of aromatic nitrogens is 3. The number of fused-ring (bicyclic) bond motifs is 3. The van der Waals surface area contributed by atoms with Crippen molar-refractivity contribution in [3.8, 4) is 0 Å². The molecule has 1 aliphatic heterocycles. The number of ether oxygens (including phenoxy) is 2. The second-order valence-corrected chi connectivity index (χ2v) is 16.9. The molecule has 0 aliphatic carbocycles. The van der Waals surface area contributed by atoms with E-state index in [4.69, 9.17) is 14.5 Å². The molecule has 7 heteroatoms. The van der Waals surface area contributed by atoms with Crippen LogP contribution < -0.4 is 4.90 Å². The molecule has 1 fully saturated rings. The third-order valence-electron chi connectivity index (χ3n) is 8.36. The van der Waals surface area contributed by atoms with E-state index < -0.39 is 8.07 Å². The SMILES string of the molecule is CC(C)[Si](COCOC1CCN(c2ccc3c4cnccc4n(C)c3n2)CC1)(C(C)C)C(C)C. The minimum absolute atomic E-state index is 0.261. The van der Waals surface area contributed by atoms with Crippen LogP contribution in [0.4, 0.5) is 5.82 Å². The van der Waals surface area contributed by atoms with Crippen LogP contribution in [0, 0.1) is 0 Å². The first-order valence-electron chi connectivity index (χ1n) is 12.9. The van der Waals surface area contributed by atoms with E-state index in [0.717, 1.165) is 54.4 Å². The predicted octanol–water partition coefficient (Wildman–Crippen LogP) is 6.30. The Labute approximate surface area is 205 Å². The Morgan fingerprint density at radius 2 is 1.65 bits per heavy atom. The number of anilines is 1. The lowest BCUT2D eigenvalue weighted by Gasteiger charge is -2.42. The summed E-state index contributed by atoms with van der Waals surface area (Å²) in [7, 11) is 0.546. The summed E-state index contributed by atoms with van der Waals surface area (Å²) in [6, 6.07) is 6.39. The van der Waals surface area contributed by atoms with Gasteiger partial charge in [-0.05, 0) is 47.7 Å². The van der Waals surface area contributed by atoms with Gasteiger partial charge in [-0.3, -0.25) is 4.98 Å². The number of pyridine rings is 2. The van der Waals surface area contributed by atoms with E-state index in [1.807, 2.05) is 12.4 Å². The Morgan fingerprint density at radius 1 is 0.971 bits per heavy atom. The van der Waals surface area contributed by atoms with Gasteiger partial charge in [-0.2, -0.15) is 0 Å². The van der Waals surface area contributed by atoms with Crippen LogP contribution in [-0.4, -0.2) is 54.8 Å². The Bertz CT molecular complexity index is 1080. The summed E-state index contributed by atoms with van der Waals surface area (Å²) in [5.41, 5.74) is 4.30. The fraction of sp³-hybridized carbons (Fsp3) is 0.630. The lowest BCUT2D eigenvalue weighted by Crippen LogP contribution is -2.49. The summed E-state index contributed by atoms with van der Waals surface area (Å²) in [5.74, 6) is 1.04.